The first-order valence-corrected chi connectivity index (χ1v) is 6.56. The van der Waals surface area contributed by atoms with E-state index in [1.54, 1.807) is 4.90 Å². The summed E-state index contributed by atoms with van der Waals surface area (Å²) in [6.07, 6.45) is 0.302. The summed E-state index contributed by atoms with van der Waals surface area (Å²) in [5.74, 6) is 0.0381. The summed E-state index contributed by atoms with van der Waals surface area (Å²) in [6.45, 7) is 4.40. The molecule has 0 aromatic heterocycles. The summed E-state index contributed by atoms with van der Waals surface area (Å²) in [5, 5.41) is 20.5. The first-order chi connectivity index (χ1) is 8.99. The van der Waals surface area contributed by atoms with Gasteiger partial charge in [0.15, 0.2) is 0 Å². The second-order valence-electron chi connectivity index (χ2n) is 4.92. The van der Waals surface area contributed by atoms with Gasteiger partial charge in [0.2, 0.25) is 5.91 Å². The quantitative estimate of drug-likeness (QED) is 0.578. The lowest BCUT2D eigenvalue weighted by Gasteiger charge is -2.24. The number of hydrogen-bond acceptors (Lipinski definition) is 4. The Hall–Kier alpha value is -1.34. The molecular weight excluding hydrogens is 250 g/mol. The number of carbonyl (C=O) groups is 2. The minimum Gasteiger partial charge on any atom is -0.395 e. The lowest BCUT2D eigenvalue weighted by atomic mass is 10.2. The Kier molecular flexibility index (Phi) is 6.04. The fraction of sp³-hybridized carbons (Fsp3) is 0.833. The van der Waals surface area contributed by atoms with E-state index in [1.165, 1.54) is 4.90 Å². The van der Waals surface area contributed by atoms with Crippen molar-refractivity contribution >= 4 is 11.9 Å². The lowest BCUT2D eigenvalue weighted by molar-refractivity contribution is -0.129. The zero-order valence-corrected chi connectivity index (χ0v) is 11.5. The smallest absolute Gasteiger partial charge is 0.317 e. The summed E-state index contributed by atoms with van der Waals surface area (Å²) >= 11 is 0. The monoisotopic (exact) mass is 273 g/mol. The first kappa shape index (κ1) is 15.7. The van der Waals surface area contributed by atoms with E-state index in [0.717, 1.165) is 0 Å². The predicted octanol–water partition coefficient (Wildman–Crippen LogP) is -1.01. The minimum atomic E-state index is -0.355. The van der Waals surface area contributed by atoms with Crippen LogP contribution in [0.4, 0.5) is 4.79 Å². The zero-order chi connectivity index (χ0) is 14.4. The highest BCUT2D eigenvalue weighted by Crippen LogP contribution is 2.14. The maximum atomic E-state index is 11.9. The average molecular weight is 273 g/mol. The van der Waals surface area contributed by atoms with Gasteiger partial charge >= 0.3 is 6.03 Å². The van der Waals surface area contributed by atoms with Crippen LogP contribution in [0.2, 0.25) is 0 Å². The Balaban J connectivity index is 2.50. The normalized spacial score (nSPS) is 19.1. The van der Waals surface area contributed by atoms with Crippen molar-refractivity contribution in [2.75, 3.05) is 32.8 Å². The molecule has 0 bridgehead atoms. The molecule has 1 unspecified atom stereocenters. The Bertz CT molecular complexity index is 316. The molecule has 1 fully saturated rings. The number of nitrogens with zero attached hydrogens (tertiary/aromatic N) is 2. The standard InChI is InChI=1S/C12H23N3O4/c1-9(2)15-8-10(7-11(15)18)13-12(19)14(3-5-16)4-6-17/h9-10,16-17H,3-8H2,1-2H3,(H,13,19). The Morgan fingerprint density at radius 3 is 2.42 bits per heavy atom. The second kappa shape index (κ2) is 7.30. The van der Waals surface area contributed by atoms with Crippen molar-refractivity contribution in [2.45, 2.75) is 32.4 Å². The van der Waals surface area contributed by atoms with E-state index in [0.29, 0.717) is 13.0 Å². The number of carbonyl (C=O) groups excluding carboxylic acids is 2. The van der Waals surface area contributed by atoms with Crippen molar-refractivity contribution in [3.05, 3.63) is 0 Å². The van der Waals surface area contributed by atoms with Gasteiger partial charge in [0.1, 0.15) is 0 Å². The van der Waals surface area contributed by atoms with Crippen molar-refractivity contribution in [3.8, 4) is 0 Å². The largest absolute Gasteiger partial charge is 0.395 e. The van der Waals surface area contributed by atoms with Gasteiger partial charge in [-0.05, 0) is 13.8 Å². The number of aliphatic hydroxyl groups is 2. The molecule has 0 aliphatic carbocycles. The van der Waals surface area contributed by atoms with Crippen molar-refractivity contribution in [1.82, 2.24) is 15.1 Å². The molecule has 3 N–H and O–H groups in total. The van der Waals surface area contributed by atoms with Crippen molar-refractivity contribution in [2.24, 2.45) is 0 Å². The molecule has 7 nitrogen and oxygen atoms in total. The average Bonchev–Trinajstić information content (AvgIpc) is 2.70. The highest BCUT2D eigenvalue weighted by Gasteiger charge is 2.32. The third-order valence-corrected chi connectivity index (χ3v) is 3.14. The molecule has 0 aromatic carbocycles. The summed E-state index contributed by atoms with van der Waals surface area (Å²) in [4.78, 5) is 26.7. The van der Waals surface area contributed by atoms with Gasteiger partial charge in [-0.25, -0.2) is 4.79 Å². The molecule has 3 amide bonds. The van der Waals surface area contributed by atoms with Gasteiger partial charge in [0.25, 0.3) is 0 Å². The van der Waals surface area contributed by atoms with Gasteiger partial charge in [-0.1, -0.05) is 0 Å². The highest BCUT2D eigenvalue weighted by molar-refractivity contribution is 5.81. The van der Waals surface area contributed by atoms with Gasteiger partial charge < -0.3 is 25.3 Å². The van der Waals surface area contributed by atoms with E-state index < -0.39 is 0 Å². The van der Waals surface area contributed by atoms with Crippen molar-refractivity contribution in [3.63, 3.8) is 0 Å². The van der Waals surface area contributed by atoms with Gasteiger partial charge in [-0.15, -0.1) is 0 Å². The zero-order valence-electron chi connectivity index (χ0n) is 11.5. The van der Waals surface area contributed by atoms with Crippen LogP contribution in [0.1, 0.15) is 20.3 Å². The molecule has 1 atom stereocenters. The van der Waals surface area contributed by atoms with Crippen LogP contribution < -0.4 is 5.32 Å². The highest BCUT2D eigenvalue weighted by atomic mass is 16.3. The summed E-state index contributed by atoms with van der Waals surface area (Å²) in [7, 11) is 0. The van der Waals surface area contributed by atoms with Gasteiger partial charge in [0.05, 0.1) is 19.3 Å². The summed E-state index contributed by atoms with van der Waals surface area (Å²) in [5.41, 5.74) is 0. The van der Waals surface area contributed by atoms with E-state index in [9.17, 15) is 9.59 Å². The van der Waals surface area contributed by atoms with Crippen LogP contribution in [-0.2, 0) is 4.79 Å². The van der Waals surface area contributed by atoms with Crippen LogP contribution in [-0.4, -0.2) is 76.9 Å². The molecule has 0 saturated carbocycles. The molecule has 0 radical (unpaired) electrons. The number of amides is 3. The molecule has 1 aliphatic heterocycles. The molecule has 7 heteroatoms. The Morgan fingerprint density at radius 1 is 1.42 bits per heavy atom. The van der Waals surface area contributed by atoms with Gasteiger partial charge in [-0.2, -0.15) is 0 Å². The second-order valence-corrected chi connectivity index (χ2v) is 4.92. The topological polar surface area (TPSA) is 93.1 Å². The van der Waals surface area contributed by atoms with E-state index in [-0.39, 0.29) is 50.3 Å². The van der Waals surface area contributed by atoms with Crippen molar-refractivity contribution in [1.29, 1.82) is 0 Å². The molecule has 19 heavy (non-hydrogen) atoms. The van der Waals surface area contributed by atoms with Crippen LogP contribution in [0, 0.1) is 0 Å². The Labute approximate surface area is 113 Å². The molecular formula is C12H23N3O4. The van der Waals surface area contributed by atoms with Crippen LogP contribution in [0.15, 0.2) is 0 Å². The van der Waals surface area contributed by atoms with Crippen LogP contribution >= 0.6 is 0 Å². The first-order valence-electron chi connectivity index (χ1n) is 6.56. The third kappa shape index (κ3) is 4.36. The third-order valence-electron chi connectivity index (χ3n) is 3.14. The maximum absolute atomic E-state index is 11.9. The summed E-state index contributed by atoms with van der Waals surface area (Å²) in [6, 6.07) is -0.436. The number of urea groups is 1. The summed E-state index contributed by atoms with van der Waals surface area (Å²) < 4.78 is 0. The number of likely N-dealkylation sites (tertiary alicyclic amines) is 1. The lowest BCUT2D eigenvalue weighted by Crippen LogP contribution is -2.48. The SMILES string of the molecule is CC(C)N1CC(NC(=O)N(CCO)CCO)CC1=O. The molecule has 110 valence electrons. The van der Waals surface area contributed by atoms with Crippen LogP contribution in [0.3, 0.4) is 0 Å². The van der Waals surface area contributed by atoms with E-state index in [1.807, 2.05) is 13.8 Å². The fourth-order valence-corrected chi connectivity index (χ4v) is 2.15. The van der Waals surface area contributed by atoms with Gasteiger partial charge in [-0.3, -0.25) is 4.79 Å². The van der Waals surface area contributed by atoms with E-state index >= 15 is 0 Å². The number of aliphatic hydroxyl groups excluding tert-OH is 2. The van der Waals surface area contributed by atoms with Crippen molar-refractivity contribution < 1.29 is 19.8 Å². The van der Waals surface area contributed by atoms with Crippen LogP contribution in [0.5, 0.6) is 0 Å². The minimum absolute atomic E-state index is 0.0381. The van der Waals surface area contributed by atoms with E-state index in [4.69, 9.17) is 10.2 Å². The van der Waals surface area contributed by atoms with Gasteiger partial charge in [0, 0.05) is 32.1 Å². The maximum Gasteiger partial charge on any atom is 0.317 e. The molecule has 1 saturated heterocycles. The number of hydrogen-bond donors (Lipinski definition) is 3. The number of rotatable bonds is 6. The molecule has 1 aliphatic rings. The molecule has 1 heterocycles. The fourth-order valence-electron chi connectivity index (χ4n) is 2.15. The van der Waals surface area contributed by atoms with Crippen LogP contribution in [0.25, 0.3) is 0 Å². The predicted molar refractivity (Wildman–Crippen MR) is 69.5 cm³/mol. The number of nitrogens with one attached hydrogen (secondary N) is 1. The van der Waals surface area contributed by atoms with E-state index in [2.05, 4.69) is 5.32 Å². The Morgan fingerprint density at radius 2 is 2.00 bits per heavy atom. The molecule has 0 spiro atoms. The molecule has 0 aromatic rings. The molecule has 1 rings (SSSR count).